The molecular formula is C22H19F2N7. The normalized spacial score (nSPS) is 10.7. The van der Waals surface area contributed by atoms with Gasteiger partial charge in [0.15, 0.2) is 17.5 Å². The highest BCUT2D eigenvalue weighted by atomic mass is 19.2. The van der Waals surface area contributed by atoms with Crippen LogP contribution in [0.4, 0.5) is 26.4 Å². The summed E-state index contributed by atoms with van der Waals surface area (Å²) in [6.45, 7) is 0.648. The van der Waals surface area contributed by atoms with E-state index in [1.54, 1.807) is 36.5 Å². The van der Waals surface area contributed by atoms with E-state index in [1.165, 1.54) is 18.3 Å². The number of nitrogens with zero attached hydrogens (tertiary/aromatic N) is 6. The fourth-order valence-corrected chi connectivity index (χ4v) is 2.95. The van der Waals surface area contributed by atoms with Crippen LogP contribution in [0.15, 0.2) is 67.3 Å². The molecule has 3 aromatic heterocycles. The molecule has 0 spiro atoms. The highest BCUT2D eigenvalue weighted by molar-refractivity contribution is 5.61. The van der Waals surface area contributed by atoms with Crippen LogP contribution in [-0.4, -0.2) is 38.5 Å². The van der Waals surface area contributed by atoms with E-state index >= 15 is 0 Å². The van der Waals surface area contributed by atoms with Crippen molar-refractivity contribution in [2.75, 3.05) is 23.8 Å². The van der Waals surface area contributed by atoms with E-state index in [2.05, 4.69) is 30.2 Å². The molecule has 7 nitrogen and oxygen atoms in total. The van der Waals surface area contributed by atoms with Gasteiger partial charge in [-0.2, -0.15) is 4.98 Å². The van der Waals surface area contributed by atoms with Gasteiger partial charge in [0, 0.05) is 38.4 Å². The topological polar surface area (TPSA) is 79.7 Å². The standard InChI is InChI=1S/C22H19F2N7/c1-31(18-8-12-26-21(29-18)16-5-2-6-17(23)20(16)24)19-9-13-28-22(30-19)27-11-7-15-4-3-10-25-14-15/h2-6,8-10,12-14H,7,11H2,1H3,(H,27,28,30). The summed E-state index contributed by atoms with van der Waals surface area (Å²) in [5, 5.41) is 3.19. The smallest absolute Gasteiger partial charge is 0.224 e. The minimum Gasteiger partial charge on any atom is -0.354 e. The van der Waals surface area contributed by atoms with Gasteiger partial charge in [0.05, 0.1) is 5.56 Å². The summed E-state index contributed by atoms with van der Waals surface area (Å²) < 4.78 is 27.7. The van der Waals surface area contributed by atoms with Gasteiger partial charge in [-0.1, -0.05) is 12.1 Å². The summed E-state index contributed by atoms with van der Waals surface area (Å²) >= 11 is 0. The number of pyridine rings is 1. The van der Waals surface area contributed by atoms with Gasteiger partial charge in [0.1, 0.15) is 11.6 Å². The molecule has 0 unspecified atom stereocenters. The lowest BCUT2D eigenvalue weighted by atomic mass is 10.2. The predicted octanol–water partition coefficient (Wildman–Crippen LogP) is 4.03. The molecule has 0 atom stereocenters. The lowest BCUT2D eigenvalue weighted by Crippen LogP contribution is -2.15. The van der Waals surface area contributed by atoms with Crippen molar-refractivity contribution in [3.63, 3.8) is 0 Å². The minimum atomic E-state index is -0.982. The second-order valence-corrected chi connectivity index (χ2v) is 6.68. The fraction of sp³-hybridized carbons (Fsp3) is 0.136. The lowest BCUT2D eigenvalue weighted by molar-refractivity contribution is 0.510. The maximum Gasteiger partial charge on any atom is 0.224 e. The molecule has 1 N–H and O–H groups in total. The van der Waals surface area contributed by atoms with Crippen molar-refractivity contribution >= 4 is 17.6 Å². The molecule has 9 heteroatoms. The molecule has 4 rings (SSSR count). The molecular weight excluding hydrogens is 400 g/mol. The quantitative estimate of drug-likeness (QED) is 0.484. The Morgan fingerprint density at radius 1 is 0.903 bits per heavy atom. The van der Waals surface area contributed by atoms with Crippen LogP contribution >= 0.6 is 0 Å². The lowest BCUT2D eigenvalue weighted by Gasteiger charge is -2.18. The van der Waals surface area contributed by atoms with Crippen LogP contribution in [-0.2, 0) is 6.42 Å². The van der Waals surface area contributed by atoms with E-state index in [0.29, 0.717) is 24.1 Å². The van der Waals surface area contributed by atoms with Gasteiger partial charge in [-0.3, -0.25) is 4.98 Å². The SMILES string of the molecule is CN(c1ccnc(NCCc2cccnc2)n1)c1ccnc(-c2cccc(F)c2F)n1. The van der Waals surface area contributed by atoms with Crippen LogP contribution in [0.3, 0.4) is 0 Å². The first-order chi connectivity index (χ1) is 15.1. The number of aromatic nitrogens is 5. The van der Waals surface area contributed by atoms with Crippen molar-refractivity contribution in [1.29, 1.82) is 0 Å². The Balaban J connectivity index is 1.50. The summed E-state index contributed by atoms with van der Waals surface area (Å²) in [6, 6.07) is 11.2. The van der Waals surface area contributed by atoms with E-state index in [-0.39, 0.29) is 11.4 Å². The van der Waals surface area contributed by atoms with Crippen molar-refractivity contribution in [1.82, 2.24) is 24.9 Å². The first kappa shape index (κ1) is 20.3. The number of rotatable bonds is 7. The predicted molar refractivity (Wildman–Crippen MR) is 114 cm³/mol. The van der Waals surface area contributed by atoms with Crippen LogP contribution in [0.2, 0.25) is 0 Å². The van der Waals surface area contributed by atoms with Crippen molar-refractivity contribution in [3.05, 3.63) is 84.4 Å². The van der Waals surface area contributed by atoms with Crippen LogP contribution < -0.4 is 10.2 Å². The molecule has 0 aliphatic carbocycles. The number of hydrogen-bond donors (Lipinski definition) is 1. The van der Waals surface area contributed by atoms with Gasteiger partial charge in [-0.15, -0.1) is 0 Å². The van der Waals surface area contributed by atoms with Gasteiger partial charge in [0.2, 0.25) is 5.95 Å². The first-order valence-corrected chi connectivity index (χ1v) is 9.59. The second kappa shape index (κ2) is 9.21. The van der Waals surface area contributed by atoms with Gasteiger partial charge >= 0.3 is 0 Å². The van der Waals surface area contributed by atoms with Gasteiger partial charge < -0.3 is 10.2 Å². The van der Waals surface area contributed by atoms with E-state index < -0.39 is 11.6 Å². The first-order valence-electron chi connectivity index (χ1n) is 9.59. The highest BCUT2D eigenvalue weighted by Crippen LogP contribution is 2.25. The van der Waals surface area contributed by atoms with Crippen LogP contribution in [0.25, 0.3) is 11.4 Å². The van der Waals surface area contributed by atoms with Crippen LogP contribution in [0.5, 0.6) is 0 Å². The summed E-state index contributed by atoms with van der Waals surface area (Å²) in [5.74, 6) is -0.303. The Kier molecular flexibility index (Phi) is 6.02. The molecule has 4 aromatic rings. The Hall–Kier alpha value is -4.01. The van der Waals surface area contributed by atoms with Crippen LogP contribution in [0.1, 0.15) is 5.56 Å². The third kappa shape index (κ3) is 4.77. The Morgan fingerprint density at radius 3 is 2.52 bits per heavy atom. The Labute approximate surface area is 177 Å². The van der Waals surface area contributed by atoms with E-state index in [4.69, 9.17) is 0 Å². The maximum atomic E-state index is 14.1. The van der Waals surface area contributed by atoms with Crippen molar-refractivity contribution in [2.45, 2.75) is 6.42 Å². The summed E-state index contributed by atoms with van der Waals surface area (Å²) in [4.78, 5) is 23.0. The molecule has 0 saturated heterocycles. The summed E-state index contributed by atoms with van der Waals surface area (Å²) in [7, 11) is 1.77. The molecule has 3 heterocycles. The molecule has 0 aliphatic heterocycles. The minimum absolute atomic E-state index is 0.00399. The number of anilines is 3. The maximum absolute atomic E-state index is 14.1. The molecule has 0 saturated carbocycles. The zero-order chi connectivity index (χ0) is 21.6. The van der Waals surface area contributed by atoms with Crippen molar-refractivity contribution in [2.24, 2.45) is 0 Å². The van der Waals surface area contributed by atoms with E-state index in [1.807, 2.05) is 18.3 Å². The second-order valence-electron chi connectivity index (χ2n) is 6.68. The van der Waals surface area contributed by atoms with Gasteiger partial charge in [-0.05, 0) is 42.3 Å². The van der Waals surface area contributed by atoms with Crippen molar-refractivity contribution < 1.29 is 8.78 Å². The average molecular weight is 419 g/mol. The van der Waals surface area contributed by atoms with E-state index in [0.717, 1.165) is 18.1 Å². The largest absolute Gasteiger partial charge is 0.354 e. The average Bonchev–Trinajstić information content (AvgIpc) is 2.81. The van der Waals surface area contributed by atoms with E-state index in [9.17, 15) is 8.78 Å². The van der Waals surface area contributed by atoms with Gasteiger partial charge in [-0.25, -0.2) is 23.7 Å². The number of halogens is 2. The molecule has 1 aromatic carbocycles. The molecule has 0 radical (unpaired) electrons. The van der Waals surface area contributed by atoms with Crippen molar-refractivity contribution in [3.8, 4) is 11.4 Å². The third-order valence-electron chi connectivity index (χ3n) is 4.58. The third-order valence-corrected chi connectivity index (χ3v) is 4.58. The summed E-state index contributed by atoms with van der Waals surface area (Å²) in [5.41, 5.74) is 1.11. The summed E-state index contributed by atoms with van der Waals surface area (Å²) in [6.07, 6.45) is 7.47. The molecule has 0 bridgehead atoms. The number of nitrogens with one attached hydrogen (secondary N) is 1. The molecule has 0 amide bonds. The molecule has 156 valence electrons. The highest BCUT2D eigenvalue weighted by Gasteiger charge is 2.15. The fourth-order valence-electron chi connectivity index (χ4n) is 2.95. The molecule has 31 heavy (non-hydrogen) atoms. The zero-order valence-electron chi connectivity index (χ0n) is 16.7. The number of benzene rings is 1. The van der Waals surface area contributed by atoms with Gasteiger partial charge in [0.25, 0.3) is 0 Å². The zero-order valence-corrected chi connectivity index (χ0v) is 16.7. The number of hydrogen-bond acceptors (Lipinski definition) is 7. The Bertz CT molecular complexity index is 1170. The molecule has 0 fully saturated rings. The van der Waals surface area contributed by atoms with Crippen LogP contribution in [0, 0.1) is 11.6 Å². The monoisotopic (exact) mass is 419 g/mol. The Morgan fingerprint density at radius 2 is 1.71 bits per heavy atom. The molecule has 0 aliphatic rings.